The van der Waals surface area contributed by atoms with Crippen LogP contribution in [0.1, 0.15) is 87.8 Å². The van der Waals surface area contributed by atoms with Crippen LogP contribution in [0.3, 0.4) is 0 Å². The van der Waals surface area contributed by atoms with Gasteiger partial charge >= 0.3 is 0 Å². The fourth-order valence-electron chi connectivity index (χ4n) is 3.57. The summed E-state index contributed by atoms with van der Waals surface area (Å²) in [5.74, 6) is 2.54. The molecule has 2 aliphatic rings. The lowest BCUT2D eigenvalue weighted by molar-refractivity contribution is 0.335. The smallest absolute Gasteiger partial charge is 0.231 e. The Morgan fingerprint density at radius 2 is 1.63 bits per heavy atom. The Labute approximate surface area is 115 Å². The van der Waals surface area contributed by atoms with E-state index in [0.29, 0.717) is 11.8 Å². The molecule has 3 rings (SSSR count). The van der Waals surface area contributed by atoms with E-state index in [9.17, 15) is 0 Å². The second-order valence-corrected chi connectivity index (χ2v) is 6.23. The van der Waals surface area contributed by atoms with Gasteiger partial charge in [0.05, 0.1) is 5.92 Å². The molecule has 0 amide bonds. The summed E-state index contributed by atoms with van der Waals surface area (Å²) in [6, 6.07) is 0.214. The monoisotopic (exact) mass is 263 g/mol. The van der Waals surface area contributed by atoms with E-state index in [1.807, 2.05) is 0 Å². The van der Waals surface area contributed by atoms with Crippen molar-refractivity contribution in [2.45, 2.75) is 82.1 Å². The first-order valence-electron chi connectivity index (χ1n) is 7.93. The van der Waals surface area contributed by atoms with Crippen molar-refractivity contribution in [2.75, 3.05) is 0 Å². The minimum absolute atomic E-state index is 0.214. The lowest BCUT2D eigenvalue weighted by Gasteiger charge is -2.16. The Bertz CT molecular complexity index is 396. The number of nitrogens with two attached hydrogens (primary N) is 1. The van der Waals surface area contributed by atoms with Crippen LogP contribution in [0.5, 0.6) is 0 Å². The van der Waals surface area contributed by atoms with Crippen LogP contribution in [-0.2, 0) is 0 Å². The molecule has 19 heavy (non-hydrogen) atoms. The van der Waals surface area contributed by atoms with Gasteiger partial charge in [0.15, 0.2) is 5.82 Å². The Balaban J connectivity index is 1.69. The molecule has 1 aromatic heterocycles. The van der Waals surface area contributed by atoms with E-state index >= 15 is 0 Å². The lowest BCUT2D eigenvalue weighted by Crippen LogP contribution is -2.23. The molecule has 0 saturated heterocycles. The summed E-state index contributed by atoms with van der Waals surface area (Å²) < 4.78 is 5.50. The van der Waals surface area contributed by atoms with Crippen LogP contribution in [0, 0.1) is 0 Å². The van der Waals surface area contributed by atoms with Crippen LogP contribution in [-0.4, -0.2) is 16.2 Å². The molecule has 0 bridgehead atoms. The Kier molecular flexibility index (Phi) is 4.16. The van der Waals surface area contributed by atoms with Gasteiger partial charge in [-0.15, -0.1) is 0 Å². The van der Waals surface area contributed by atoms with Crippen LogP contribution >= 0.6 is 0 Å². The molecule has 0 radical (unpaired) electrons. The van der Waals surface area contributed by atoms with Crippen molar-refractivity contribution in [1.29, 1.82) is 0 Å². The third-order valence-corrected chi connectivity index (χ3v) is 4.81. The average Bonchev–Trinajstić information content (AvgIpc) is 2.97. The molecule has 0 aliphatic heterocycles. The van der Waals surface area contributed by atoms with Gasteiger partial charge in [-0.2, -0.15) is 4.98 Å². The largest absolute Gasteiger partial charge is 0.339 e. The van der Waals surface area contributed by atoms with Crippen LogP contribution in [0.2, 0.25) is 0 Å². The van der Waals surface area contributed by atoms with E-state index in [-0.39, 0.29) is 6.04 Å². The highest BCUT2D eigenvalue weighted by atomic mass is 16.5. The fraction of sp³-hybridized carbons (Fsp3) is 0.867. The van der Waals surface area contributed by atoms with Crippen molar-refractivity contribution >= 4 is 0 Å². The van der Waals surface area contributed by atoms with E-state index in [1.165, 1.54) is 51.4 Å². The first-order chi connectivity index (χ1) is 9.34. The Hall–Kier alpha value is -0.900. The SMILES string of the molecule is NC1CCCC1c1nc(C2CCCCCCC2)no1. The maximum absolute atomic E-state index is 6.12. The summed E-state index contributed by atoms with van der Waals surface area (Å²) in [7, 11) is 0. The molecule has 2 aliphatic carbocycles. The van der Waals surface area contributed by atoms with E-state index in [2.05, 4.69) is 10.1 Å². The van der Waals surface area contributed by atoms with Crippen molar-refractivity contribution in [3.05, 3.63) is 11.7 Å². The van der Waals surface area contributed by atoms with E-state index in [1.54, 1.807) is 0 Å². The predicted molar refractivity (Wildman–Crippen MR) is 73.9 cm³/mol. The number of hydrogen-bond acceptors (Lipinski definition) is 4. The van der Waals surface area contributed by atoms with Crippen molar-refractivity contribution in [2.24, 2.45) is 5.73 Å². The minimum Gasteiger partial charge on any atom is -0.339 e. The number of nitrogens with zero attached hydrogens (tertiary/aromatic N) is 2. The molecule has 0 spiro atoms. The summed E-state index contributed by atoms with van der Waals surface area (Å²) in [5, 5.41) is 4.25. The number of hydrogen-bond donors (Lipinski definition) is 1. The van der Waals surface area contributed by atoms with Crippen LogP contribution in [0.25, 0.3) is 0 Å². The molecule has 4 heteroatoms. The molecule has 0 aromatic carbocycles. The van der Waals surface area contributed by atoms with Crippen molar-refractivity contribution in [3.63, 3.8) is 0 Å². The highest BCUT2D eigenvalue weighted by Crippen LogP contribution is 2.34. The van der Waals surface area contributed by atoms with Crippen molar-refractivity contribution in [3.8, 4) is 0 Å². The molecule has 1 heterocycles. The first kappa shape index (κ1) is 13.1. The van der Waals surface area contributed by atoms with Crippen LogP contribution < -0.4 is 5.73 Å². The van der Waals surface area contributed by atoms with E-state index < -0.39 is 0 Å². The summed E-state index contributed by atoms with van der Waals surface area (Å²) in [6.45, 7) is 0. The summed E-state index contributed by atoms with van der Waals surface area (Å²) in [5.41, 5.74) is 6.12. The third kappa shape index (κ3) is 2.99. The quantitative estimate of drug-likeness (QED) is 0.887. The van der Waals surface area contributed by atoms with Gasteiger partial charge in [0, 0.05) is 12.0 Å². The predicted octanol–water partition coefficient (Wildman–Crippen LogP) is 3.49. The molecule has 2 atom stereocenters. The molecule has 2 fully saturated rings. The second-order valence-electron chi connectivity index (χ2n) is 6.23. The van der Waals surface area contributed by atoms with Gasteiger partial charge in [-0.05, 0) is 25.7 Å². The summed E-state index contributed by atoms with van der Waals surface area (Å²) in [4.78, 5) is 4.68. The van der Waals surface area contributed by atoms with Gasteiger partial charge in [-0.1, -0.05) is 43.7 Å². The highest BCUT2D eigenvalue weighted by Gasteiger charge is 2.31. The molecular formula is C15H25N3O. The molecule has 4 nitrogen and oxygen atoms in total. The van der Waals surface area contributed by atoms with Crippen molar-refractivity contribution < 1.29 is 4.52 Å². The molecule has 2 unspecified atom stereocenters. The lowest BCUT2D eigenvalue weighted by atomic mass is 9.91. The van der Waals surface area contributed by atoms with E-state index in [4.69, 9.17) is 10.3 Å². The van der Waals surface area contributed by atoms with Gasteiger partial charge in [0.25, 0.3) is 0 Å². The van der Waals surface area contributed by atoms with Crippen LogP contribution in [0.15, 0.2) is 4.52 Å². The summed E-state index contributed by atoms with van der Waals surface area (Å²) in [6.07, 6.45) is 12.5. The van der Waals surface area contributed by atoms with Crippen LogP contribution in [0.4, 0.5) is 0 Å². The van der Waals surface area contributed by atoms with Gasteiger partial charge in [0.1, 0.15) is 0 Å². The molecule has 1 aromatic rings. The average molecular weight is 263 g/mol. The highest BCUT2D eigenvalue weighted by molar-refractivity contribution is 5.04. The topological polar surface area (TPSA) is 64.9 Å². The fourth-order valence-corrected chi connectivity index (χ4v) is 3.57. The zero-order valence-electron chi connectivity index (χ0n) is 11.7. The van der Waals surface area contributed by atoms with Crippen molar-refractivity contribution in [1.82, 2.24) is 10.1 Å². The Morgan fingerprint density at radius 3 is 2.32 bits per heavy atom. The maximum atomic E-state index is 6.12. The number of aromatic nitrogens is 2. The van der Waals surface area contributed by atoms with Gasteiger partial charge in [0.2, 0.25) is 5.89 Å². The standard InChI is InChI=1S/C15H25N3O/c16-13-10-6-9-12(13)15-17-14(18-19-15)11-7-4-2-1-3-5-8-11/h11-13H,1-10,16H2. The molecule has 106 valence electrons. The minimum atomic E-state index is 0.214. The maximum Gasteiger partial charge on any atom is 0.231 e. The normalized spacial score (nSPS) is 30.2. The summed E-state index contributed by atoms with van der Waals surface area (Å²) >= 11 is 0. The number of rotatable bonds is 2. The van der Waals surface area contributed by atoms with Gasteiger partial charge < -0.3 is 10.3 Å². The zero-order valence-corrected chi connectivity index (χ0v) is 11.7. The van der Waals surface area contributed by atoms with E-state index in [0.717, 1.165) is 24.6 Å². The van der Waals surface area contributed by atoms with Gasteiger partial charge in [-0.3, -0.25) is 0 Å². The third-order valence-electron chi connectivity index (χ3n) is 4.81. The van der Waals surface area contributed by atoms with Gasteiger partial charge in [-0.25, -0.2) is 0 Å². The second kappa shape index (κ2) is 6.04. The molecule has 2 N–H and O–H groups in total. The Morgan fingerprint density at radius 1 is 0.895 bits per heavy atom. The first-order valence-corrected chi connectivity index (χ1v) is 7.93. The molecular weight excluding hydrogens is 238 g/mol. The zero-order chi connectivity index (χ0) is 13.1. The molecule has 2 saturated carbocycles.